The van der Waals surface area contributed by atoms with Crippen LogP contribution in [-0.2, 0) is 10.0 Å². The lowest BCUT2D eigenvalue weighted by Gasteiger charge is -2.11. The fourth-order valence-electron chi connectivity index (χ4n) is 2.04. The van der Waals surface area contributed by atoms with E-state index in [2.05, 4.69) is 4.72 Å². The van der Waals surface area contributed by atoms with Gasteiger partial charge in [-0.3, -0.25) is 4.72 Å². The van der Waals surface area contributed by atoms with E-state index in [1.54, 1.807) is 12.1 Å². The van der Waals surface area contributed by atoms with Crippen LogP contribution in [0.25, 0.3) is 0 Å². The van der Waals surface area contributed by atoms with E-state index >= 15 is 0 Å². The number of nitrogens with one attached hydrogen (secondary N) is 1. The highest BCUT2D eigenvalue weighted by Gasteiger charge is 2.15. The zero-order valence-corrected chi connectivity index (χ0v) is 12.4. The minimum Gasteiger partial charge on any atom is -0.545 e. The second kappa shape index (κ2) is 5.57. The number of carboxylic acid groups (broad SMARTS) is 1. The lowest BCUT2D eigenvalue weighted by Crippen LogP contribution is -2.23. The quantitative estimate of drug-likeness (QED) is 0.926. The molecule has 0 aliphatic heterocycles. The Morgan fingerprint density at radius 1 is 1.05 bits per heavy atom. The molecule has 0 aliphatic carbocycles. The molecule has 21 heavy (non-hydrogen) atoms. The molecule has 6 heteroatoms. The molecule has 0 radical (unpaired) electrons. The molecule has 0 heterocycles. The first kappa shape index (κ1) is 15.1. The van der Waals surface area contributed by atoms with Gasteiger partial charge in [-0.05, 0) is 54.8 Å². The lowest BCUT2D eigenvalue weighted by atomic mass is 10.1. The Kier molecular flexibility index (Phi) is 3.99. The molecule has 2 aromatic carbocycles. The maximum absolute atomic E-state index is 12.3. The predicted octanol–water partition coefficient (Wildman–Crippen LogP) is 1.47. The average Bonchev–Trinajstić information content (AvgIpc) is 2.37. The molecule has 0 saturated carbocycles. The highest BCUT2D eigenvalue weighted by molar-refractivity contribution is 7.92. The zero-order chi connectivity index (χ0) is 15.6. The summed E-state index contributed by atoms with van der Waals surface area (Å²) in [7, 11) is -3.84. The molecular formula is C15H14NO4S-. The maximum atomic E-state index is 12.3. The Balaban J connectivity index is 2.38. The Hall–Kier alpha value is -2.34. The molecule has 0 bridgehead atoms. The van der Waals surface area contributed by atoms with Crippen LogP contribution in [0.5, 0.6) is 0 Å². The standard InChI is InChI=1S/C15H15NO4S/c1-10-6-11(2)8-13(7-10)16-21(19,20)14-5-3-4-12(9-14)15(17)18/h3-9,16H,1-2H3,(H,17,18)/p-1. The van der Waals surface area contributed by atoms with Gasteiger partial charge in [-0.25, -0.2) is 8.42 Å². The van der Waals surface area contributed by atoms with E-state index in [1.165, 1.54) is 18.2 Å². The molecule has 110 valence electrons. The van der Waals surface area contributed by atoms with Gasteiger partial charge in [0.2, 0.25) is 0 Å². The van der Waals surface area contributed by atoms with Crippen molar-refractivity contribution in [3.05, 3.63) is 59.2 Å². The lowest BCUT2D eigenvalue weighted by molar-refractivity contribution is -0.255. The van der Waals surface area contributed by atoms with Crippen molar-refractivity contribution >= 4 is 21.7 Å². The van der Waals surface area contributed by atoms with E-state index < -0.39 is 16.0 Å². The third-order valence-corrected chi connectivity index (χ3v) is 4.23. The van der Waals surface area contributed by atoms with Crippen molar-refractivity contribution in [3.8, 4) is 0 Å². The third-order valence-electron chi connectivity index (χ3n) is 2.85. The number of aryl methyl sites for hydroxylation is 2. The fourth-order valence-corrected chi connectivity index (χ4v) is 3.12. The van der Waals surface area contributed by atoms with Crippen molar-refractivity contribution < 1.29 is 18.3 Å². The van der Waals surface area contributed by atoms with E-state index in [4.69, 9.17) is 0 Å². The van der Waals surface area contributed by atoms with Crippen LogP contribution in [0.1, 0.15) is 21.5 Å². The summed E-state index contributed by atoms with van der Waals surface area (Å²) in [4.78, 5) is 10.7. The van der Waals surface area contributed by atoms with Crippen molar-refractivity contribution in [2.75, 3.05) is 4.72 Å². The van der Waals surface area contributed by atoms with Gasteiger partial charge in [0.15, 0.2) is 0 Å². The molecule has 2 rings (SSSR count). The monoisotopic (exact) mass is 304 g/mol. The van der Waals surface area contributed by atoms with Gasteiger partial charge in [0.05, 0.1) is 10.9 Å². The molecule has 0 unspecified atom stereocenters. The second-order valence-electron chi connectivity index (χ2n) is 4.80. The highest BCUT2D eigenvalue weighted by atomic mass is 32.2. The van der Waals surface area contributed by atoms with Crippen LogP contribution in [0.4, 0.5) is 5.69 Å². The van der Waals surface area contributed by atoms with Crippen molar-refractivity contribution in [2.45, 2.75) is 18.7 Å². The van der Waals surface area contributed by atoms with Gasteiger partial charge < -0.3 is 9.90 Å². The summed E-state index contributed by atoms with van der Waals surface area (Å²) in [5, 5.41) is 10.8. The summed E-state index contributed by atoms with van der Waals surface area (Å²) in [6, 6.07) is 10.4. The van der Waals surface area contributed by atoms with Crippen molar-refractivity contribution in [2.24, 2.45) is 0 Å². The third kappa shape index (κ3) is 3.61. The zero-order valence-electron chi connectivity index (χ0n) is 11.6. The SMILES string of the molecule is Cc1cc(C)cc(NS(=O)(=O)c2cccc(C(=O)[O-])c2)c1. The number of hydrogen-bond acceptors (Lipinski definition) is 4. The van der Waals surface area contributed by atoms with E-state index in [1.807, 2.05) is 19.9 Å². The number of benzene rings is 2. The van der Waals surface area contributed by atoms with E-state index in [0.29, 0.717) is 5.69 Å². The predicted molar refractivity (Wildman–Crippen MR) is 77.5 cm³/mol. The topological polar surface area (TPSA) is 86.3 Å². The van der Waals surface area contributed by atoms with Gasteiger partial charge in [-0.2, -0.15) is 0 Å². The minimum absolute atomic E-state index is 0.122. The van der Waals surface area contributed by atoms with Crippen LogP contribution in [-0.4, -0.2) is 14.4 Å². The fraction of sp³-hybridized carbons (Fsp3) is 0.133. The van der Waals surface area contributed by atoms with Crippen LogP contribution in [0.2, 0.25) is 0 Å². The van der Waals surface area contributed by atoms with Gasteiger partial charge in [-0.1, -0.05) is 18.2 Å². The van der Waals surface area contributed by atoms with Gasteiger partial charge in [-0.15, -0.1) is 0 Å². The smallest absolute Gasteiger partial charge is 0.261 e. The molecule has 0 spiro atoms. The number of carbonyl (C=O) groups excluding carboxylic acids is 1. The van der Waals surface area contributed by atoms with Crippen LogP contribution >= 0.6 is 0 Å². The number of anilines is 1. The van der Waals surface area contributed by atoms with Gasteiger partial charge in [0, 0.05) is 5.69 Å². The summed E-state index contributed by atoms with van der Waals surface area (Å²) in [6.07, 6.45) is 0. The van der Waals surface area contributed by atoms with Crippen molar-refractivity contribution in [1.29, 1.82) is 0 Å². The van der Waals surface area contributed by atoms with Crippen LogP contribution < -0.4 is 9.83 Å². The number of sulfonamides is 1. The summed E-state index contributed by atoms with van der Waals surface area (Å²) in [6.45, 7) is 3.73. The molecule has 0 aliphatic rings. The molecule has 0 atom stereocenters. The first-order valence-electron chi connectivity index (χ1n) is 6.20. The summed E-state index contributed by atoms with van der Waals surface area (Å²) < 4.78 is 27.0. The van der Waals surface area contributed by atoms with Crippen LogP contribution in [0, 0.1) is 13.8 Å². The molecule has 0 fully saturated rings. The number of rotatable bonds is 4. The summed E-state index contributed by atoms with van der Waals surface area (Å²) in [5.41, 5.74) is 2.11. The molecule has 2 aromatic rings. The summed E-state index contributed by atoms with van der Waals surface area (Å²) in [5.74, 6) is -1.42. The van der Waals surface area contributed by atoms with Crippen LogP contribution in [0.3, 0.4) is 0 Å². The number of carbonyl (C=O) groups is 1. The number of hydrogen-bond donors (Lipinski definition) is 1. The van der Waals surface area contributed by atoms with Crippen molar-refractivity contribution in [1.82, 2.24) is 0 Å². The Bertz CT molecular complexity index is 777. The Morgan fingerprint density at radius 3 is 2.24 bits per heavy atom. The van der Waals surface area contributed by atoms with Crippen molar-refractivity contribution in [3.63, 3.8) is 0 Å². The van der Waals surface area contributed by atoms with Crippen LogP contribution in [0.15, 0.2) is 47.4 Å². The largest absolute Gasteiger partial charge is 0.545 e. The average molecular weight is 304 g/mol. The van der Waals surface area contributed by atoms with E-state index in [9.17, 15) is 18.3 Å². The number of aromatic carboxylic acids is 1. The second-order valence-corrected chi connectivity index (χ2v) is 6.48. The molecule has 1 N–H and O–H groups in total. The van der Waals surface area contributed by atoms with E-state index in [-0.39, 0.29) is 10.5 Å². The van der Waals surface area contributed by atoms with Gasteiger partial charge in [0.1, 0.15) is 0 Å². The Labute approximate surface area is 123 Å². The minimum atomic E-state index is -3.84. The van der Waals surface area contributed by atoms with E-state index in [0.717, 1.165) is 17.2 Å². The van der Waals surface area contributed by atoms with Gasteiger partial charge >= 0.3 is 0 Å². The first-order chi connectivity index (χ1) is 9.78. The Morgan fingerprint density at radius 2 is 1.67 bits per heavy atom. The van der Waals surface area contributed by atoms with Gasteiger partial charge in [0.25, 0.3) is 10.0 Å². The number of carboxylic acids is 1. The molecule has 0 amide bonds. The normalized spacial score (nSPS) is 11.1. The first-order valence-corrected chi connectivity index (χ1v) is 7.69. The molecule has 5 nitrogen and oxygen atoms in total. The summed E-state index contributed by atoms with van der Waals surface area (Å²) >= 11 is 0. The molecule has 0 aromatic heterocycles. The maximum Gasteiger partial charge on any atom is 0.261 e. The molecular weight excluding hydrogens is 290 g/mol. The molecule has 0 saturated heterocycles. The highest BCUT2D eigenvalue weighted by Crippen LogP contribution is 2.19.